The number of ether oxygens (including phenoxy) is 3. The van der Waals surface area contributed by atoms with Gasteiger partial charge in [0.1, 0.15) is 5.75 Å². The highest BCUT2D eigenvalue weighted by molar-refractivity contribution is 9.09. The predicted molar refractivity (Wildman–Crippen MR) is 60.7 cm³/mol. The lowest BCUT2D eigenvalue weighted by molar-refractivity contribution is 0.174. The molecule has 0 bridgehead atoms. The van der Waals surface area contributed by atoms with Crippen LogP contribution in [0.1, 0.15) is 6.92 Å². The maximum Gasteiger partial charge on any atom is 0.231 e. The highest BCUT2D eigenvalue weighted by atomic mass is 79.9. The second-order valence-corrected chi connectivity index (χ2v) is 3.91. The Bertz CT molecular complexity index is 376. The third-order valence-electron chi connectivity index (χ3n) is 1.94. The topological polar surface area (TPSA) is 27.7 Å². The van der Waals surface area contributed by atoms with E-state index in [1.807, 2.05) is 37.3 Å². The van der Waals surface area contributed by atoms with E-state index in [4.69, 9.17) is 14.2 Å². The average Bonchev–Trinajstić information content (AvgIpc) is 2.65. The molecule has 15 heavy (non-hydrogen) atoms. The van der Waals surface area contributed by atoms with Crippen LogP contribution >= 0.6 is 15.9 Å². The molecular weight excluding hydrogens is 260 g/mol. The van der Waals surface area contributed by atoms with Gasteiger partial charge in [-0.05, 0) is 41.1 Å². The molecule has 3 nitrogen and oxygen atoms in total. The first-order chi connectivity index (χ1) is 7.29. The highest BCUT2D eigenvalue weighted by Crippen LogP contribution is 2.35. The Balaban J connectivity index is 2.10. The van der Waals surface area contributed by atoms with Gasteiger partial charge in [-0.25, -0.2) is 0 Å². The molecule has 2 rings (SSSR count). The lowest BCUT2D eigenvalue weighted by atomic mass is 10.3. The molecule has 1 aliphatic heterocycles. The molecule has 1 unspecified atom stereocenters. The SMILES string of the molecule is CC=CC(Br)Oc1ccc2c(c1)OCO2. The van der Waals surface area contributed by atoms with Gasteiger partial charge in [0.25, 0.3) is 0 Å². The third-order valence-corrected chi connectivity index (χ3v) is 2.43. The monoisotopic (exact) mass is 270 g/mol. The van der Waals surface area contributed by atoms with E-state index in [1.54, 1.807) is 0 Å². The van der Waals surface area contributed by atoms with Gasteiger partial charge in [-0.3, -0.25) is 0 Å². The van der Waals surface area contributed by atoms with Crippen LogP contribution in [0.15, 0.2) is 30.4 Å². The van der Waals surface area contributed by atoms with Crippen LogP contribution in [0, 0.1) is 0 Å². The molecule has 1 aromatic carbocycles. The molecular formula is C11H11BrO3. The summed E-state index contributed by atoms with van der Waals surface area (Å²) in [5.41, 5.74) is 0. The minimum atomic E-state index is -0.122. The number of rotatable bonds is 3. The number of hydrogen-bond acceptors (Lipinski definition) is 3. The van der Waals surface area contributed by atoms with E-state index in [1.165, 1.54) is 0 Å². The molecule has 0 saturated heterocycles. The fraction of sp³-hybridized carbons (Fsp3) is 0.273. The summed E-state index contributed by atoms with van der Waals surface area (Å²) in [5, 5.41) is -0.122. The van der Waals surface area contributed by atoms with Crippen molar-refractivity contribution in [1.29, 1.82) is 0 Å². The zero-order chi connectivity index (χ0) is 10.7. The smallest absolute Gasteiger partial charge is 0.231 e. The van der Waals surface area contributed by atoms with Crippen molar-refractivity contribution < 1.29 is 14.2 Å². The highest BCUT2D eigenvalue weighted by Gasteiger charge is 2.14. The van der Waals surface area contributed by atoms with Crippen molar-refractivity contribution >= 4 is 15.9 Å². The number of hydrogen-bond donors (Lipinski definition) is 0. The summed E-state index contributed by atoms with van der Waals surface area (Å²) in [6.07, 6.45) is 3.83. The quantitative estimate of drug-likeness (QED) is 0.624. The molecule has 0 N–H and O–H groups in total. The maximum atomic E-state index is 5.57. The van der Waals surface area contributed by atoms with Gasteiger partial charge in [0, 0.05) is 6.07 Å². The van der Waals surface area contributed by atoms with E-state index in [2.05, 4.69) is 15.9 Å². The average molecular weight is 271 g/mol. The molecule has 1 heterocycles. The maximum absolute atomic E-state index is 5.57. The molecule has 4 heteroatoms. The first-order valence-electron chi connectivity index (χ1n) is 4.63. The van der Waals surface area contributed by atoms with Crippen molar-refractivity contribution in [3.8, 4) is 17.2 Å². The van der Waals surface area contributed by atoms with E-state index < -0.39 is 0 Å². The van der Waals surface area contributed by atoms with Gasteiger partial charge >= 0.3 is 0 Å². The third kappa shape index (κ3) is 2.45. The molecule has 0 amide bonds. The van der Waals surface area contributed by atoms with Gasteiger partial charge in [-0.2, -0.15) is 0 Å². The molecule has 1 aliphatic rings. The van der Waals surface area contributed by atoms with E-state index in [0.29, 0.717) is 0 Å². The second kappa shape index (κ2) is 4.57. The zero-order valence-corrected chi connectivity index (χ0v) is 9.86. The van der Waals surface area contributed by atoms with Crippen LogP contribution < -0.4 is 14.2 Å². The Labute approximate surface area is 96.8 Å². The fourth-order valence-corrected chi connectivity index (χ4v) is 1.79. The van der Waals surface area contributed by atoms with Crippen LogP contribution in [-0.4, -0.2) is 11.8 Å². The van der Waals surface area contributed by atoms with E-state index in [9.17, 15) is 0 Å². The van der Waals surface area contributed by atoms with Crippen molar-refractivity contribution in [2.24, 2.45) is 0 Å². The molecule has 1 aromatic rings. The summed E-state index contributed by atoms with van der Waals surface area (Å²) in [4.78, 5) is 0. The van der Waals surface area contributed by atoms with Crippen LogP contribution in [0.2, 0.25) is 0 Å². The fourth-order valence-electron chi connectivity index (χ4n) is 1.27. The normalized spacial score (nSPS) is 15.6. The number of benzene rings is 1. The Morgan fingerprint density at radius 2 is 2.20 bits per heavy atom. The van der Waals surface area contributed by atoms with E-state index in [-0.39, 0.29) is 11.8 Å². The van der Waals surface area contributed by atoms with Crippen molar-refractivity contribution in [2.45, 2.75) is 11.9 Å². The molecule has 1 atom stereocenters. The summed E-state index contributed by atoms with van der Waals surface area (Å²) in [6, 6.07) is 5.51. The molecule has 0 radical (unpaired) electrons. The van der Waals surface area contributed by atoms with Crippen LogP contribution in [0.5, 0.6) is 17.2 Å². The van der Waals surface area contributed by atoms with Crippen molar-refractivity contribution in [3.05, 3.63) is 30.4 Å². The van der Waals surface area contributed by atoms with E-state index in [0.717, 1.165) is 17.2 Å². The summed E-state index contributed by atoms with van der Waals surface area (Å²) in [6.45, 7) is 2.22. The number of fused-ring (bicyclic) bond motifs is 1. The number of halogens is 1. The molecule has 0 fully saturated rings. The predicted octanol–water partition coefficient (Wildman–Crippen LogP) is 3.09. The summed E-state index contributed by atoms with van der Waals surface area (Å²) in [7, 11) is 0. The molecule has 0 saturated carbocycles. The van der Waals surface area contributed by atoms with Gasteiger partial charge in [0.15, 0.2) is 16.5 Å². The van der Waals surface area contributed by atoms with Crippen molar-refractivity contribution in [2.75, 3.05) is 6.79 Å². The van der Waals surface area contributed by atoms with Gasteiger partial charge in [0.05, 0.1) is 0 Å². The largest absolute Gasteiger partial charge is 0.475 e. The van der Waals surface area contributed by atoms with Crippen molar-refractivity contribution in [3.63, 3.8) is 0 Å². The Morgan fingerprint density at radius 1 is 1.40 bits per heavy atom. The molecule has 0 spiro atoms. The minimum Gasteiger partial charge on any atom is -0.475 e. The summed E-state index contributed by atoms with van der Waals surface area (Å²) >= 11 is 3.37. The van der Waals surface area contributed by atoms with Crippen LogP contribution in [0.4, 0.5) is 0 Å². The minimum absolute atomic E-state index is 0.122. The lowest BCUT2D eigenvalue weighted by Gasteiger charge is -2.09. The van der Waals surface area contributed by atoms with Crippen LogP contribution in [0.25, 0.3) is 0 Å². The van der Waals surface area contributed by atoms with Gasteiger partial charge in [-0.1, -0.05) is 6.08 Å². The number of allylic oxidation sites excluding steroid dienone is 1. The summed E-state index contributed by atoms with van der Waals surface area (Å²) in [5.74, 6) is 2.24. The lowest BCUT2D eigenvalue weighted by Crippen LogP contribution is -2.03. The second-order valence-electron chi connectivity index (χ2n) is 3.01. The van der Waals surface area contributed by atoms with Gasteiger partial charge in [0.2, 0.25) is 6.79 Å². The standard InChI is InChI=1S/C11H11BrO3/c1-2-3-11(12)15-8-4-5-9-10(6-8)14-7-13-9/h2-6,11H,7H2,1H3. The first kappa shape index (κ1) is 10.4. The molecule has 80 valence electrons. The summed E-state index contributed by atoms with van der Waals surface area (Å²) < 4.78 is 16.0. The van der Waals surface area contributed by atoms with Crippen LogP contribution in [-0.2, 0) is 0 Å². The van der Waals surface area contributed by atoms with Gasteiger partial charge in [-0.15, -0.1) is 0 Å². The Hall–Kier alpha value is -1.16. The molecule has 0 aromatic heterocycles. The number of alkyl halides is 1. The van der Waals surface area contributed by atoms with Crippen LogP contribution in [0.3, 0.4) is 0 Å². The van der Waals surface area contributed by atoms with Gasteiger partial charge < -0.3 is 14.2 Å². The Kier molecular flexibility index (Phi) is 3.16. The first-order valence-corrected chi connectivity index (χ1v) is 5.54. The van der Waals surface area contributed by atoms with E-state index >= 15 is 0 Å². The Morgan fingerprint density at radius 3 is 3.00 bits per heavy atom. The molecule has 0 aliphatic carbocycles. The zero-order valence-electron chi connectivity index (χ0n) is 8.27. The van der Waals surface area contributed by atoms with Crippen molar-refractivity contribution in [1.82, 2.24) is 0 Å².